The number of nitrogens with zero attached hydrogens (tertiary/aromatic N) is 1. The molecule has 0 heterocycles. The summed E-state index contributed by atoms with van der Waals surface area (Å²) < 4.78 is 0. The van der Waals surface area contributed by atoms with Crippen LogP contribution in [0.5, 0.6) is 0 Å². The van der Waals surface area contributed by atoms with Crippen LogP contribution in [0.3, 0.4) is 0 Å². The van der Waals surface area contributed by atoms with Crippen molar-refractivity contribution in [3.8, 4) is 0 Å². The van der Waals surface area contributed by atoms with Crippen molar-refractivity contribution in [1.82, 2.24) is 0 Å². The van der Waals surface area contributed by atoms with Gasteiger partial charge in [-0.3, -0.25) is 14.9 Å². The lowest BCUT2D eigenvalue weighted by atomic mass is 10.1. The Morgan fingerprint density at radius 1 is 1.25 bits per heavy atom. The maximum Gasteiger partial charge on any atom is 0.292 e. The van der Waals surface area contributed by atoms with Crippen molar-refractivity contribution in [2.75, 3.05) is 11.1 Å². The fraction of sp³-hybridized carbons (Fsp3) is 0. The van der Waals surface area contributed by atoms with Crippen LogP contribution in [-0.4, -0.2) is 10.8 Å². The number of nitro groups is 1. The zero-order valence-corrected chi connectivity index (χ0v) is 10.9. The van der Waals surface area contributed by atoms with Crippen molar-refractivity contribution in [3.05, 3.63) is 63.2 Å². The molecule has 0 fully saturated rings. The molecule has 20 heavy (non-hydrogen) atoms. The molecule has 2 rings (SSSR count). The van der Waals surface area contributed by atoms with Gasteiger partial charge in [0, 0.05) is 16.8 Å². The SMILES string of the molecule is Nc1ccccc1C(=O)Nc1cc(Cl)ccc1[N+](=O)[O-]. The third-order valence-corrected chi connectivity index (χ3v) is 2.84. The van der Waals surface area contributed by atoms with Crippen molar-refractivity contribution in [3.63, 3.8) is 0 Å². The van der Waals surface area contributed by atoms with E-state index in [1.807, 2.05) is 0 Å². The maximum absolute atomic E-state index is 12.1. The summed E-state index contributed by atoms with van der Waals surface area (Å²) in [6.45, 7) is 0. The monoisotopic (exact) mass is 291 g/mol. The lowest BCUT2D eigenvalue weighted by molar-refractivity contribution is -0.383. The summed E-state index contributed by atoms with van der Waals surface area (Å²) in [5, 5.41) is 13.6. The summed E-state index contributed by atoms with van der Waals surface area (Å²) in [4.78, 5) is 22.4. The van der Waals surface area contributed by atoms with Crippen molar-refractivity contribution in [2.45, 2.75) is 0 Å². The van der Waals surface area contributed by atoms with Crippen LogP contribution in [0, 0.1) is 10.1 Å². The van der Waals surface area contributed by atoms with Gasteiger partial charge in [0.05, 0.1) is 10.5 Å². The number of nitrogens with two attached hydrogens (primary N) is 1. The van der Waals surface area contributed by atoms with Gasteiger partial charge in [-0.15, -0.1) is 0 Å². The summed E-state index contributed by atoms with van der Waals surface area (Å²) in [7, 11) is 0. The number of nitro benzene ring substituents is 1. The Morgan fingerprint density at radius 2 is 1.95 bits per heavy atom. The maximum atomic E-state index is 12.1. The Balaban J connectivity index is 2.35. The predicted molar refractivity (Wildman–Crippen MR) is 76.9 cm³/mol. The molecule has 0 saturated heterocycles. The summed E-state index contributed by atoms with van der Waals surface area (Å²) >= 11 is 5.78. The molecule has 3 N–H and O–H groups in total. The molecule has 0 aliphatic heterocycles. The van der Waals surface area contributed by atoms with E-state index in [9.17, 15) is 14.9 Å². The van der Waals surface area contributed by atoms with Gasteiger partial charge in [-0.05, 0) is 24.3 Å². The number of nitrogen functional groups attached to an aromatic ring is 1. The number of hydrogen-bond acceptors (Lipinski definition) is 4. The zero-order valence-electron chi connectivity index (χ0n) is 10.2. The van der Waals surface area contributed by atoms with E-state index in [1.54, 1.807) is 18.2 Å². The molecule has 1 amide bonds. The number of halogens is 1. The Hall–Kier alpha value is -2.60. The zero-order chi connectivity index (χ0) is 14.7. The van der Waals surface area contributed by atoms with E-state index in [-0.39, 0.29) is 27.6 Å². The average molecular weight is 292 g/mol. The molecule has 0 aromatic heterocycles. The summed E-state index contributed by atoms with van der Waals surface area (Å²) in [6.07, 6.45) is 0. The number of benzene rings is 2. The standard InChI is InChI=1S/C13H10ClN3O3/c14-8-5-6-12(17(19)20)11(7-8)16-13(18)9-3-1-2-4-10(9)15/h1-7H,15H2,(H,16,18). The molecule has 2 aromatic carbocycles. The molecular weight excluding hydrogens is 282 g/mol. The second-order valence-electron chi connectivity index (χ2n) is 3.96. The number of para-hydroxylation sites is 1. The van der Waals surface area contributed by atoms with Gasteiger partial charge in [-0.1, -0.05) is 23.7 Å². The number of hydrogen-bond donors (Lipinski definition) is 2. The molecule has 0 spiro atoms. The van der Waals surface area contributed by atoms with Crippen molar-refractivity contribution < 1.29 is 9.72 Å². The minimum Gasteiger partial charge on any atom is -0.398 e. The number of nitrogens with one attached hydrogen (secondary N) is 1. The highest BCUT2D eigenvalue weighted by Crippen LogP contribution is 2.28. The second kappa shape index (κ2) is 5.58. The summed E-state index contributed by atoms with van der Waals surface area (Å²) in [5.74, 6) is -0.534. The van der Waals surface area contributed by atoms with Crippen LogP contribution >= 0.6 is 11.6 Å². The molecule has 0 radical (unpaired) electrons. The van der Waals surface area contributed by atoms with Gasteiger partial charge in [-0.2, -0.15) is 0 Å². The molecule has 0 saturated carbocycles. The van der Waals surface area contributed by atoms with E-state index in [4.69, 9.17) is 17.3 Å². The van der Waals surface area contributed by atoms with Gasteiger partial charge < -0.3 is 11.1 Å². The molecule has 6 nitrogen and oxygen atoms in total. The molecule has 0 atom stereocenters. The van der Waals surface area contributed by atoms with Crippen LogP contribution in [0.2, 0.25) is 5.02 Å². The molecule has 0 aliphatic carbocycles. The molecule has 0 bridgehead atoms. The van der Waals surface area contributed by atoms with E-state index >= 15 is 0 Å². The molecule has 102 valence electrons. The van der Waals surface area contributed by atoms with Crippen LogP contribution in [0.15, 0.2) is 42.5 Å². The number of amides is 1. The highest BCUT2D eigenvalue weighted by molar-refractivity contribution is 6.31. The Morgan fingerprint density at radius 3 is 2.60 bits per heavy atom. The highest BCUT2D eigenvalue weighted by atomic mass is 35.5. The first-order chi connectivity index (χ1) is 9.49. The first-order valence-corrected chi connectivity index (χ1v) is 5.96. The topological polar surface area (TPSA) is 98.3 Å². The number of rotatable bonds is 3. The molecular formula is C13H10ClN3O3. The largest absolute Gasteiger partial charge is 0.398 e. The molecule has 2 aromatic rings. The molecule has 0 unspecified atom stereocenters. The smallest absolute Gasteiger partial charge is 0.292 e. The van der Waals surface area contributed by atoms with E-state index in [2.05, 4.69) is 5.32 Å². The van der Waals surface area contributed by atoms with Gasteiger partial charge in [0.15, 0.2) is 0 Å². The van der Waals surface area contributed by atoms with Crippen molar-refractivity contribution >= 4 is 34.6 Å². The van der Waals surface area contributed by atoms with Crippen molar-refractivity contribution in [1.29, 1.82) is 0 Å². The van der Waals surface area contributed by atoms with E-state index in [0.717, 1.165) is 0 Å². The van der Waals surface area contributed by atoms with Crippen LogP contribution in [0.1, 0.15) is 10.4 Å². The van der Waals surface area contributed by atoms with Gasteiger partial charge in [0.2, 0.25) is 0 Å². The van der Waals surface area contributed by atoms with E-state index in [1.165, 1.54) is 24.3 Å². The van der Waals surface area contributed by atoms with E-state index in [0.29, 0.717) is 0 Å². The Bertz CT molecular complexity index is 688. The normalized spacial score (nSPS) is 10.1. The lowest BCUT2D eigenvalue weighted by Crippen LogP contribution is -2.14. The van der Waals surface area contributed by atoms with Gasteiger partial charge >= 0.3 is 0 Å². The fourth-order valence-corrected chi connectivity index (χ4v) is 1.83. The summed E-state index contributed by atoms with van der Waals surface area (Å²) in [6, 6.07) is 10.4. The predicted octanol–water partition coefficient (Wildman–Crippen LogP) is 3.08. The fourth-order valence-electron chi connectivity index (χ4n) is 1.66. The first kappa shape index (κ1) is 13.8. The van der Waals surface area contributed by atoms with Crippen LogP contribution in [-0.2, 0) is 0 Å². The highest BCUT2D eigenvalue weighted by Gasteiger charge is 2.17. The van der Waals surface area contributed by atoms with Gasteiger partial charge in [-0.25, -0.2) is 0 Å². The average Bonchev–Trinajstić information content (AvgIpc) is 2.38. The second-order valence-corrected chi connectivity index (χ2v) is 4.40. The van der Waals surface area contributed by atoms with Gasteiger partial charge in [0.25, 0.3) is 11.6 Å². The number of carbonyl (C=O) groups is 1. The van der Waals surface area contributed by atoms with Crippen LogP contribution in [0.25, 0.3) is 0 Å². The third kappa shape index (κ3) is 2.86. The number of carbonyl (C=O) groups excluding carboxylic acids is 1. The molecule has 0 aliphatic rings. The van der Waals surface area contributed by atoms with Crippen LogP contribution in [0.4, 0.5) is 17.1 Å². The minimum atomic E-state index is -0.597. The minimum absolute atomic E-state index is 0.0238. The Kier molecular flexibility index (Phi) is 3.86. The summed E-state index contributed by atoms with van der Waals surface area (Å²) in [5.41, 5.74) is 5.99. The molecule has 7 heteroatoms. The first-order valence-electron chi connectivity index (χ1n) is 5.59. The van der Waals surface area contributed by atoms with Crippen molar-refractivity contribution in [2.24, 2.45) is 0 Å². The van der Waals surface area contributed by atoms with E-state index < -0.39 is 10.8 Å². The quantitative estimate of drug-likeness (QED) is 0.516. The van der Waals surface area contributed by atoms with Gasteiger partial charge in [0.1, 0.15) is 5.69 Å². The number of anilines is 2. The lowest BCUT2D eigenvalue weighted by Gasteiger charge is -2.08. The van der Waals surface area contributed by atoms with Crippen LogP contribution < -0.4 is 11.1 Å². The Labute approximate surface area is 119 Å². The third-order valence-electron chi connectivity index (χ3n) is 2.61.